The van der Waals surface area contributed by atoms with Crippen LogP contribution in [0.15, 0.2) is 42.2 Å². The van der Waals surface area contributed by atoms with Gasteiger partial charge in [-0.25, -0.2) is 4.79 Å². The number of ether oxygens (including phenoxy) is 4. The highest BCUT2D eigenvalue weighted by Crippen LogP contribution is 2.37. The van der Waals surface area contributed by atoms with Crippen molar-refractivity contribution in [2.45, 2.75) is 18.9 Å². The summed E-state index contributed by atoms with van der Waals surface area (Å²) in [5, 5.41) is 20.0. The molecular formula is C24H23NO10. The minimum atomic E-state index is -1.36. The van der Waals surface area contributed by atoms with E-state index in [1.807, 2.05) is 0 Å². The fourth-order valence-corrected chi connectivity index (χ4v) is 3.33. The lowest BCUT2D eigenvalue weighted by Crippen LogP contribution is -2.43. The molecule has 2 aromatic carbocycles. The van der Waals surface area contributed by atoms with Gasteiger partial charge in [0.1, 0.15) is 17.5 Å². The van der Waals surface area contributed by atoms with Gasteiger partial charge < -0.3 is 34.5 Å². The Morgan fingerprint density at radius 2 is 1.89 bits per heavy atom. The Balaban J connectivity index is 1.67. The number of benzene rings is 2. The molecule has 35 heavy (non-hydrogen) atoms. The minimum Gasteiger partial charge on any atom is -0.493 e. The Hall–Kier alpha value is -4.54. The Labute approximate surface area is 199 Å². The average molecular weight is 485 g/mol. The van der Waals surface area contributed by atoms with Crippen LogP contribution in [0.1, 0.15) is 28.8 Å². The maximum Gasteiger partial charge on any atom is 0.326 e. The summed E-state index contributed by atoms with van der Waals surface area (Å²) in [5.74, 6) is -2.19. The summed E-state index contributed by atoms with van der Waals surface area (Å²) in [6.07, 6.45) is 0.852. The van der Waals surface area contributed by atoms with Gasteiger partial charge in [0.15, 0.2) is 23.9 Å². The number of hydrogen-bond acceptors (Lipinski definition) is 8. The fourth-order valence-electron chi connectivity index (χ4n) is 3.33. The molecule has 1 aliphatic heterocycles. The predicted octanol–water partition coefficient (Wildman–Crippen LogP) is 2.13. The minimum absolute atomic E-state index is 0.0594. The van der Waals surface area contributed by atoms with Gasteiger partial charge in [0, 0.05) is 18.1 Å². The second kappa shape index (κ2) is 11.1. The number of carboxylic acid groups (broad SMARTS) is 2. The van der Waals surface area contributed by atoms with Crippen molar-refractivity contribution in [1.29, 1.82) is 0 Å². The number of para-hydroxylation sites is 1. The number of carbonyl (C=O) groups excluding carboxylic acids is 2. The van der Waals surface area contributed by atoms with Gasteiger partial charge in [0.25, 0.3) is 5.91 Å². The number of carboxylic acids is 2. The number of nitrogens with one attached hydrogen (secondary N) is 1. The molecule has 0 saturated carbocycles. The molecule has 3 N–H and O–H groups in total. The third kappa shape index (κ3) is 6.08. The summed E-state index contributed by atoms with van der Waals surface area (Å²) in [6.45, 7) is -0.521. The highest BCUT2D eigenvalue weighted by molar-refractivity contribution is 6.14. The zero-order chi connectivity index (χ0) is 25.5. The SMILES string of the molecule is COc1cccc(C=C2Oc3cc(OCC(=O)NC(CCC(=O)O)C(=O)O)ccc3C2=O)c1OC. The van der Waals surface area contributed by atoms with Gasteiger partial charge in [-0.15, -0.1) is 0 Å². The van der Waals surface area contributed by atoms with E-state index in [-0.39, 0.29) is 29.5 Å². The summed E-state index contributed by atoms with van der Waals surface area (Å²) in [5.41, 5.74) is 0.876. The first-order chi connectivity index (χ1) is 16.7. The van der Waals surface area contributed by atoms with Gasteiger partial charge in [-0.05, 0) is 30.7 Å². The number of fused-ring (bicyclic) bond motifs is 1. The third-order valence-electron chi connectivity index (χ3n) is 5.01. The van der Waals surface area contributed by atoms with Crippen molar-refractivity contribution >= 4 is 29.7 Å². The highest BCUT2D eigenvalue weighted by atomic mass is 16.5. The molecule has 0 saturated heterocycles. The number of rotatable bonds is 11. The number of Topliss-reactive ketones (excluding diaryl/α,β-unsaturated/α-hetero) is 1. The second-order valence-electron chi connectivity index (χ2n) is 7.36. The van der Waals surface area contributed by atoms with Gasteiger partial charge in [-0.3, -0.25) is 14.4 Å². The van der Waals surface area contributed by atoms with Crippen LogP contribution in [0.25, 0.3) is 6.08 Å². The summed E-state index contributed by atoms with van der Waals surface area (Å²) < 4.78 is 21.7. The van der Waals surface area contributed by atoms with Gasteiger partial charge >= 0.3 is 11.9 Å². The van der Waals surface area contributed by atoms with E-state index in [9.17, 15) is 19.2 Å². The van der Waals surface area contributed by atoms with Crippen LogP contribution in [0.3, 0.4) is 0 Å². The van der Waals surface area contributed by atoms with Crippen LogP contribution < -0.4 is 24.3 Å². The lowest BCUT2D eigenvalue weighted by Gasteiger charge is -2.14. The number of amides is 1. The molecule has 0 aliphatic carbocycles. The number of allylic oxidation sites excluding steroid dienone is 1. The maximum atomic E-state index is 12.8. The van der Waals surface area contributed by atoms with Crippen molar-refractivity contribution in [3.8, 4) is 23.0 Å². The molecule has 1 aliphatic rings. The van der Waals surface area contributed by atoms with Crippen molar-refractivity contribution in [1.82, 2.24) is 5.32 Å². The highest BCUT2D eigenvalue weighted by Gasteiger charge is 2.28. The molecule has 1 unspecified atom stereocenters. The lowest BCUT2D eigenvalue weighted by molar-refractivity contribution is -0.143. The van der Waals surface area contributed by atoms with Crippen LogP contribution >= 0.6 is 0 Å². The molecular weight excluding hydrogens is 462 g/mol. The standard InChI is InChI=1S/C24H23NO10/c1-32-17-5-3-4-13(23(17)33-2)10-19-22(29)15-7-6-14(11-18(15)35-19)34-12-20(26)25-16(24(30)31)8-9-21(27)28/h3-7,10-11,16H,8-9,12H2,1-2H3,(H,25,26)(H,27,28)(H,30,31). The third-order valence-corrected chi connectivity index (χ3v) is 5.01. The first-order valence-corrected chi connectivity index (χ1v) is 10.4. The molecule has 0 fully saturated rings. The summed E-state index contributed by atoms with van der Waals surface area (Å²) in [6, 6.07) is 8.24. The van der Waals surface area contributed by atoms with Crippen molar-refractivity contribution in [3.05, 3.63) is 53.3 Å². The monoisotopic (exact) mass is 485 g/mol. The number of carbonyl (C=O) groups is 4. The Morgan fingerprint density at radius 1 is 1.11 bits per heavy atom. The zero-order valence-electron chi connectivity index (χ0n) is 18.9. The molecule has 1 atom stereocenters. The molecule has 0 aromatic heterocycles. The van der Waals surface area contributed by atoms with Crippen LogP contribution in [0.4, 0.5) is 0 Å². The van der Waals surface area contributed by atoms with Crippen LogP contribution in [-0.4, -0.2) is 60.7 Å². The average Bonchev–Trinajstić information content (AvgIpc) is 3.14. The number of aliphatic carboxylic acids is 2. The summed E-state index contributed by atoms with van der Waals surface area (Å²) in [7, 11) is 2.98. The van der Waals surface area contributed by atoms with Gasteiger partial charge in [-0.2, -0.15) is 0 Å². The van der Waals surface area contributed by atoms with E-state index in [0.29, 0.717) is 22.6 Å². The topological polar surface area (TPSA) is 158 Å². The molecule has 1 amide bonds. The van der Waals surface area contributed by atoms with Crippen molar-refractivity contribution in [2.24, 2.45) is 0 Å². The number of ketones is 1. The molecule has 11 heteroatoms. The summed E-state index contributed by atoms with van der Waals surface area (Å²) in [4.78, 5) is 46.7. The van der Waals surface area contributed by atoms with Crippen molar-refractivity contribution < 1.29 is 48.3 Å². The normalized spacial score (nSPS) is 14.0. The van der Waals surface area contributed by atoms with Gasteiger partial charge in [0.2, 0.25) is 5.78 Å². The van der Waals surface area contributed by atoms with E-state index >= 15 is 0 Å². The van der Waals surface area contributed by atoms with E-state index in [4.69, 9.17) is 29.2 Å². The van der Waals surface area contributed by atoms with E-state index in [2.05, 4.69) is 5.32 Å². The Bertz CT molecular complexity index is 1190. The smallest absolute Gasteiger partial charge is 0.326 e. The predicted molar refractivity (Wildman–Crippen MR) is 121 cm³/mol. The van der Waals surface area contributed by atoms with Crippen molar-refractivity contribution in [3.63, 3.8) is 0 Å². The lowest BCUT2D eigenvalue weighted by atomic mass is 10.1. The molecule has 0 bridgehead atoms. The van der Waals surface area contributed by atoms with E-state index in [1.165, 1.54) is 38.5 Å². The molecule has 0 spiro atoms. The fraction of sp³-hybridized carbons (Fsp3) is 0.250. The van der Waals surface area contributed by atoms with E-state index < -0.39 is 36.9 Å². The van der Waals surface area contributed by atoms with Crippen molar-refractivity contribution in [2.75, 3.05) is 20.8 Å². The largest absolute Gasteiger partial charge is 0.493 e. The zero-order valence-corrected chi connectivity index (χ0v) is 18.9. The quantitative estimate of drug-likeness (QED) is 0.403. The molecule has 3 rings (SSSR count). The van der Waals surface area contributed by atoms with Gasteiger partial charge in [-0.1, -0.05) is 12.1 Å². The molecule has 0 radical (unpaired) electrons. The second-order valence-corrected chi connectivity index (χ2v) is 7.36. The van der Waals surface area contributed by atoms with Crippen LogP contribution in [-0.2, 0) is 14.4 Å². The summed E-state index contributed by atoms with van der Waals surface area (Å²) >= 11 is 0. The van der Waals surface area contributed by atoms with E-state index in [1.54, 1.807) is 18.2 Å². The van der Waals surface area contributed by atoms with Crippen LogP contribution in [0.5, 0.6) is 23.0 Å². The van der Waals surface area contributed by atoms with Crippen LogP contribution in [0.2, 0.25) is 0 Å². The molecule has 2 aromatic rings. The first-order valence-electron chi connectivity index (χ1n) is 10.4. The molecule has 1 heterocycles. The van der Waals surface area contributed by atoms with E-state index in [0.717, 1.165) is 0 Å². The Kier molecular flexibility index (Phi) is 7.92. The van der Waals surface area contributed by atoms with Gasteiger partial charge in [0.05, 0.1) is 19.8 Å². The Morgan fingerprint density at radius 3 is 2.54 bits per heavy atom. The number of methoxy groups -OCH3 is 2. The maximum absolute atomic E-state index is 12.8. The first kappa shape index (κ1) is 25.1. The van der Waals surface area contributed by atoms with Crippen LogP contribution in [0, 0.1) is 0 Å². The molecule has 184 valence electrons. The number of hydrogen-bond donors (Lipinski definition) is 3. The molecule has 11 nitrogen and oxygen atoms in total.